The Bertz CT molecular complexity index is 633. The largest absolute Gasteiger partial charge is 0.381 e. The van der Waals surface area contributed by atoms with Crippen LogP contribution in [0.1, 0.15) is 16.9 Å². The summed E-state index contributed by atoms with van der Waals surface area (Å²) in [6.45, 7) is 5.50. The number of hydrogen-bond acceptors (Lipinski definition) is 5. The summed E-state index contributed by atoms with van der Waals surface area (Å²) in [7, 11) is 1.88. The molecule has 0 bridgehead atoms. The maximum absolute atomic E-state index is 5.83. The average Bonchev–Trinajstić information content (AvgIpc) is 3.26. The van der Waals surface area contributed by atoms with Crippen molar-refractivity contribution in [2.24, 2.45) is 5.92 Å². The molecule has 24 heavy (non-hydrogen) atoms. The van der Waals surface area contributed by atoms with Crippen molar-refractivity contribution in [1.82, 2.24) is 14.8 Å². The van der Waals surface area contributed by atoms with Gasteiger partial charge in [0, 0.05) is 69.1 Å². The lowest BCUT2D eigenvalue weighted by Crippen LogP contribution is -2.50. The average molecular weight is 343 g/mol. The van der Waals surface area contributed by atoms with Crippen LogP contribution in [0.25, 0.3) is 0 Å². The maximum atomic E-state index is 5.83. The summed E-state index contributed by atoms with van der Waals surface area (Å²) in [5.74, 6) is 0.616. The van der Waals surface area contributed by atoms with Gasteiger partial charge in [0.1, 0.15) is 0 Å². The Kier molecular flexibility index (Phi) is 4.94. The molecule has 5 heteroatoms. The number of methoxy groups -OCH3 is 1. The van der Waals surface area contributed by atoms with Crippen LogP contribution < -0.4 is 0 Å². The number of ether oxygens (including phenoxy) is 1. The first-order valence-electron chi connectivity index (χ1n) is 8.74. The van der Waals surface area contributed by atoms with Crippen LogP contribution >= 0.6 is 11.3 Å². The Morgan fingerprint density at radius 2 is 2.08 bits per heavy atom. The fourth-order valence-corrected chi connectivity index (χ4v) is 5.02. The predicted octanol–water partition coefficient (Wildman–Crippen LogP) is 2.86. The van der Waals surface area contributed by atoms with Gasteiger partial charge in [0.05, 0.1) is 6.10 Å². The quantitative estimate of drug-likeness (QED) is 0.835. The minimum Gasteiger partial charge on any atom is -0.381 e. The number of pyridine rings is 1. The molecule has 128 valence electrons. The number of fused-ring (bicyclic) bond motifs is 1. The van der Waals surface area contributed by atoms with Crippen molar-refractivity contribution >= 4 is 11.3 Å². The molecule has 0 N–H and O–H groups in total. The molecule has 4 rings (SSSR count). The molecule has 3 atom stereocenters. The molecule has 2 aromatic rings. The van der Waals surface area contributed by atoms with Gasteiger partial charge in [-0.1, -0.05) is 6.07 Å². The van der Waals surface area contributed by atoms with Crippen LogP contribution in [-0.2, 0) is 17.8 Å². The second kappa shape index (κ2) is 7.31. The number of thiophene rings is 1. The molecule has 0 radical (unpaired) electrons. The number of rotatable bonds is 5. The monoisotopic (exact) mass is 343 g/mol. The van der Waals surface area contributed by atoms with Crippen molar-refractivity contribution < 1.29 is 4.74 Å². The van der Waals surface area contributed by atoms with Crippen molar-refractivity contribution in [1.29, 1.82) is 0 Å². The minimum absolute atomic E-state index is 0.400. The van der Waals surface area contributed by atoms with Gasteiger partial charge in [-0.2, -0.15) is 0 Å². The number of aromatic nitrogens is 1. The molecule has 2 saturated heterocycles. The first kappa shape index (κ1) is 16.2. The van der Waals surface area contributed by atoms with Crippen LogP contribution in [0.3, 0.4) is 0 Å². The van der Waals surface area contributed by atoms with Crippen LogP contribution in [0.4, 0.5) is 0 Å². The smallest absolute Gasteiger partial charge is 0.0639 e. The summed E-state index contributed by atoms with van der Waals surface area (Å²) in [4.78, 5) is 10.9. The molecule has 2 aromatic heterocycles. The molecule has 4 heterocycles. The van der Waals surface area contributed by atoms with E-state index in [1.54, 1.807) is 0 Å². The highest BCUT2D eigenvalue weighted by molar-refractivity contribution is 7.09. The Balaban J connectivity index is 1.47. The van der Waals surface area contributed by atoms with Gasteiger partial charge in [-0.15, -0.1) is 11.3 Å². The van der Waals surface area contributed by atoms with Crippen LogP contribution in [0.15, 0.2) is 42.0 Å². The number of nitrogens with zero attached hydrogens (tertiary/aromatic N) is 3. The van der Waals surface area contributed by atoms with E-state index in [1.165, 1.54) is 10.4 Å². The number of piperidine rings is 1. The van der Waals surface area contributed by atoms with E-state index < -0.39 is 0 Å². The second-order valence-corrected chi connectivity index (χ2v) is 7.93. The van der Waals surface area contributed by atoms with Gasteiger partial charge in [0.2, 0.25) is 0 Å². The van der Waals surface area contributed by atoms with Crippen LogP contribution in [0.5, 0.6) is 0 Å². The third kappa shape index (κ3) is 3.40. The molecule has 0 amide bonds. The van der Waals surface area contributed by atoms with Crippen LogP contribution in [-0.4, -0.2) is 53.7 Å². The summed E-state index contributed by atoms with van der Waals surface area (Å²) in [5, 5.41) is 2.18. The van der Waals surface area contributed by atoms with E-state index >= 15 is 0 Å². The van der Waals surface area contributed by atoms with Crippen molar-refractivity contribution in [3.8, 4) is 0 Å². The summed E-state index contributed by atoms with van der Waals surface area (Å²) in [6, 6.07) is 9.26. The summed E-state index contributed by atoms with van der Waals surface area (Å²) in [5.41, 5.74) is 1.35. The van der Waals surface area contributed by atoms with E-state index in [4.69, 9.17) is 4.74 Å². The van der Waals surface area contributed by atoms with Gasteiger partial charge in [-0.05, 0) is 35.6 Å². The topological polar surface area (TPSA) is 28.6 Å². The SMILES string of the molecule is CO[C@H]1CCN(Cc2cccs2)[C@@H]2CN(Cc3ccncc3)C[C@H]12. The standard InChI is InChI=1S/C19H25N3OS/c1-23-19-6-9-22(12-16-3-2-10-24-16)18-14-21(13-17(18)19)11-15-4-7-20-8-5-15/h2-5,7-8,10,17-19H,6,9,11-14H2,1H3/t17-,18+,19-/m0/s1. The highest BCUT2D eigenvalue weighted by atomic mass is 32.1. The van der Waals surface area contributed by atoms with Gasteiger partial charge >= 0.3 is 0 Å². The molecular formula is C19H25N3OS. The zero-order valence-corrected chi connectivity index (χ0v) is 15.0. The summed E-state index contributed by atoms with van der Waals surface area (Å²) in [6.07, 6.45) is 5.32. The molecule has 4 nitrogen and oxygen atoms in total. The first-order valence-corrected chi connectivity index (χ1v) is 9.62. The highest BCUT2D eigenvalue weighted by Gasteiger charge is 2.44. The molecular weight excluding hydrogens is 318 g/mol. The zero-order valence-electron chi connectivity index (χ0n) is 14.2. The molecule has 0 spiro atoms. The Labute approximate surface area is 148 Å². The fourth-order valence-electron chi connectivity index (χ4n) is 4.29. The molecule has 2 fully saturated rings. The van der Waals surface area contributed by atoms with E-state index in [-0.39, 0.29) is 0 Å². The first-order chi connectivity index (χ1) is 11.8. The number of likely N-dealkylation sites (tertiary alicyclic amines) is 2. The normalized spacial score (nSPS) is 28.1. The fraction of sp³-hybridized carbons (Fsp3) is 0.526. The van der Waals surface area contributed by atoms with E-state index in [9.17, 15) is 0 Å². The third-order valence-corrected chi connectivity index (χ3v) is 6.31. The highest BCUT2D eigenvalue weighted by Crippen LogP contribution is 2.34. The predicted molar refractivity (Wildman–Crippen MR) is 96.9 cm³/mol. The molecule has 0 unspecified atom stereocenters. The third-order valence-electron chi connectivity index (χ3n) is 5.45. The Morgan fingerprint density at radius 3 is 2.83 bits per heavy atom. The van der Waals surface area contributed by atoms with Gasteiger partial charge in [0.15, 0.2) is 0 Å². The molecule has 0 aliphatic carbocycles. The van der Waals surface area contributed by atoms with Crippen LogP contribution in [0, 0.1) is 5.92 Å². The molecule has 2 aliphatic rings. The zero-order chi connectivity index (χ0) is 16.4. The molecule has 0 saturated carbocycles. The van der Waals surface area contributed by atoms with Gasteiger partial charge in [0.25, 0.3) is 0 Å². The van der Waals surface area contributed by atoms with Crippen molar-refractivity contribution in [3.05, 3.63) is 52.5 Å². The van der Waals surface area contributed by atoms with Crippen molar-refractivity contribution in [2.45, 2.75) is 31.7 Å². The van der Waals surface area contributed by atoms with Crippen LogP contribution in [0.2, 0.25) is 0 Å². The molecule has 2 aliphatic heterocycles. The van der Waals surface area contributed by atoms with E-state index in [2.05, 4.69) is 44.4 Å². The van der Waals surface area contributed by atoms with Gasteiger partial charge < -0.3 is 4.74 Å². The maximum Gasteiger partial charge on any atom is 0.0639 e. The van der Waals surface area contributed by atoms with E-state index in [1.807, 2.05) is 30.8 Å². The summed E-state index contributed by atoms with van der Waals surface area (Å²) < 4.78 is 5.83. The minimum atomic E-state index is 0.400. The second-order valence-electron chi connectivity index (χ2n) is 6.89. The van der Waals surface area contributed by atoms with Gasteiger partial charge in [-0.25, -0.2) is 0 Å². The van der Waals surface area contributed by atoms with E-state index in [0.29, 0.717) is 18.1 Å². The lowest BCUT2D eigenvalue weighted by molar-refractivity contribution is -0.0242. The summed E-state index contributed by atoms with van der Waals surface area (Å²) >= 11 is 1.87. The van der Waals surface area contributed by atoms with Crippen molar-refractivity contribution in [2.75, 3.05) is 26.7 Å². The number of hydrogen-bond donors (Lipinski definition) is 0. The lowest BCUT2D eigenvalue weighted by atomic mass is 9.89. The van der Waals surface area contributed by atoms with Gasteiger partial charge in [-0.3, -0.25) is 14.8 Å². The van der Waals surface area contributed by atoms with Crippen molar-refractivity contribution in [3.63, 3.8) is 0 Å². The molecule has 0 aromatic carbocycles. The Hall–Kier alpha value is -1.27. The van der Waals surface area contributed by atoms with E-state index in [0.717, 1.165) is 39.1 Å². The lowest BCUT2D eigenvalue weighted by Gasteiger charge is -2.41. The Morgan fingerprint density at radius 1 is 1.21 bits per heavy atom.